The van der Waals surface area contributed by atoms with Gasteiger partial charge in [0.25, 0.3) is 0 Å². The summed E-state index contributed by atoms with van der Waals surface area (Å²) in [6.45, 7) is 2.48. The van der Waals surface area contributed by atoms with Gasteiger partial charge in [0.1, 0.15) is 5.82 Å². The third kappa shape index (κ3) is 3.35. The van der Waals surface area contributed by atoms with Crippen LogP contribution in [0.25, 0.3) is 0 Å². The van der Waals surface area contributed by atoms with Gasteiger partial charge < -0.3 is 15.1 Å². The van der Waals surface area contributed by atoms with E-state index in [1.54, 1.807) is 9.80 Å². The van der Waals surface area contributed by atoms with E-state index < -0.39 is 5.92 Å². The minimum atomic E-state index is -0.473. The quantitative estimate of drug-likeness (QED) is 0.889. The van der Waals surface area contributed by atoms with Crippen LogP contribution in [0.1, 0.15) is 18.9 Å². The Morgan fingerprint density at radius 3 is 2.61 bits per heavy atom. The van der Waals surface area contributed by atoms with Crippen molar-refractivity contribution in [3.8, 4) is 0 Å². The van der Waals surface area contributed by atoms with Crippen molar-refractivity contribution in [1.82, 2.24) is 0 Å². The Labute approximate surface area is 161 Å². The fourth-order valence-corrected chi connectivity index (χ4v) is 3.79. The lowest BCUT2D eigenvalue weighted by molar-refractivity contribution is -0.122. The number of hydrogen-bond acceptors (Lipinski definition) is 3. The molecule has 0 saturated carbocycles. The van der Waals surface area contributed by atoms with Crippen LogP contribution in [0, 0.1) is 11.7 Å². The van der Waals surface area contributed by atoms with Crippen molar-refractivity contribution in [1.29, 1.82) is 0 Å². The summed E-state index contributed by atoms with van der Waals surface area (Å²) in [5.41, 5.74) is 3.15. The summed E-state index contributed by atoms with van der Waals surface area (Å²) in [6.07, 6.45) is 0.878. The van der Waals surface area contributed by atoms with Gasteiger partial charge in [-0.05, 0) is 54.4 Å². The molecule has 7 heteroatoms. The summed E-state index contributed by atoms with van der Waals surface area (Å²) in [4.78, 5) is 40.0. The molecule has 0 spiro atoms. The fraction of sp³-hybridized carbons (Fsp3) is 0.286. The Hall–Kier alpha value is -3.22. The summed E-state index contributed by atoms with van der Waals surface area (Å²) < 4.78 is 13.0. The van der Waals surface area contributed by atoms with Gasteiger partial charge in [-0.25, -0.2) is 4.39 Å². The first-order valence-electron chi connectivity index (χ1n) is 9.20. The molecule has 0 bridgehead atoms. The average Bonchev–Trinajstić information content (AvgIpc) is 3.26. The van der Waals surface area contributed by atoms with E-state index in [0.717, 1.165) is 23.4 Å². The first-order valence-corrected chi connectivity index (χ1v) is 9.20. The Balaban J connectivity index is 1.47. The minimum absolute atomic E-state index is 0.00118. The van der Waals surface area contributed by atoms with Gasteiger partial charge in [0.2, 0.25) is 17.7 Å². The van der Waals surface area contributed by atoms with Crippen molar-refractivity contribution >= 4 is 34.8 Å². The largest absolute Gasteiger partial charge is 0.326 e. The second kappa shape index (κ2) is 7.07. The molecule has 2 aliphatic rings. The summed E-state index contributed by atoms with van der Waals surface area (Å²) in [6, 6.07) is 11.1. The number of hydrogen-bond donors (Lipinski definition) is 1. The number of carbonyl (C=O) groups is 3. The molecule has 1 fully saturated rings. The lowest BCUT2D eigenvalue weighted by atomic mass is 10.1. The molecule has 4 rings (SSSR count). The Kier molecular flexibility index (Phi) is 4.58. The molecule has 2 heterocycles. The highest BCUT2D eigenvalue weighted by Gasteiger charge is 2.36. The number of anilines is 3. The minimum Gasteiger partial charge on any atom is -0.326 e. The molecule has 1 saturated heterocycles. The summed E-state index contributed by atoms with van der Waals surface area (Å²) in [7, 11) is 0. The molecule has 1 N–H and O–H groups in total. The highest BCUT2D eigenvalue weighted by atomic mass is 19.1. The van der Waals surface area contributed by atoms with Gasteiger partial charge in [-0.15, -0.1) is 0 Å². The van der Waals surface area contributed by atoms with Crippen molar-refractivity contribution < 1.29 is 18.8 Å². The predicted molar refractivity (Wildman–Crippen MR) is 104 cm³/mol. The molecule has 0 radical (unpaired) electrons. The van der Waals surface area contributed by atoms with Crippen molar-refractivity contribution in [3.05, 3.63) is 53.8 Å². The fourth-order valence-electron chi connectivity index (χ4n) is 3.79. The van der Waals surface area contributed by atoms with Crippen LogP contribution in [-0.2, 0) is 20.8 Å². The van der Waals surface area contributed by atoms with Crippen LogP contribution in [0.15, 0.2) is 42.5 Å². The third-order valence-corrected chi connectivity index (χ3v) is 5.26. The Morgan fingerprint density at radius 2 is 1.89 bits per heavy atom. The van der Waals surface area contributed by atoms with Crippen molar-refractivity contribution in [3.63, 3.8) is 0 Å². The van der Waals surface area contributed by atoms with Crippen LogP contribution >= 0.6 is 0 Å². The smallest absolute Gasteiger partial charge is 0.229 e. The van der Waals surface area contributed by atoms with Gasteiger partial charge in [0.15, 0.2) is 0 Å². The van der Waals surface area contributed by atoms with Crippen LogP contribution in [0.4, 0.5) is 21.5 Å². The van der Waals surface area contributed by atoms with Crippen molar-refractivity contribution in [2.24, 2.45) is 5.92 Å². The van der Waals surface area contributed by atoms with Gasteiger partial charge in [0, 0.05) is 43.5 Å². The molecular formula is C21H20FN3O3. The molecule has 2 aliphatic heterocycles. The number of carbonyl (C=O) groups excluding carboxylic acids is 3. The molecule has 2 aromatic carbocycles. The summed E-state index contributed by atoms with van der Waals surface area (Å²) >= 11 is 0. The third-order valence-electron chi connectivity index (χ3n) is 5.26. The van der Waals surface area contributed by atoms with Gasteiger partial charge in [0.05, 0.1) is 5.92 Å². The van der Waals surface area contributed by atoms with Crippen molar-refractivity contribution in [2.75, 3.05) is 28.2 Å². The number of nitrogens with one attached hydrogen (secondary N) is 1. The molecule has 6 nitrogen and oxygen atoms in total. The summed E-state index contributed by atoms with van der Waals surface area (Å²) in [5.74, 6) is -1.21. The molecule has 1 atom stereocenters. The van der Waals surface area contributed by atoms with E-state index in [9.17, 15) is 18.8 Å². The maximum absolute atomic E-state index is 13.0. The van der Waals surface area contributed by atoms with Gasteiger partial charge in [-0.2, -0.15) is 0 Å². The zero-order chi connectivity index (χ0) is 19.8. The molecule has 0 aliphatic carbocycles. The molecule has 28 heavy (non-hydrogen) atoms. The summed E-state index contributed by atoms with van der Waals surface area (Å²) in [5, 5.41) is 2.73. The monoisotopic (exact) mass is 381 g/mol. The van der Waals surface area contributed by atoms with Crippen LogP contribution < -0.4 is 15.1 Å². The molecule has 2 aromatic rings. The van der Waals surface area contributed by atoms with Gasteiger partial charge in [-0.3, -0.25) is 14.4 Å². The normalized spacial score (nSPS) is 18.4. The average molecular weight is 381 g/mol. The maximum Gasteiger partial charge on any atom is 0.229 e. The highest BCUT2D eigenvalue weighted by Crippen LogP contribution is 2.34. The molecule has 144 valence electrons. The van der Waals surface area contributed by atoms with Crippen LogP contribution in [0.3, 0.4) is 0 Å². The zero-order valence-electron chi connectivity index (χ0n) is 15.4. The van der Waals surface area contributed by atoms with Crippen LogP contribution in [-0.4, -0.2) is 30.8 Å². The van der Waals surface area contributed by atoms with E-state index in [1.165, 1.54) is 31.2 Å². The lowest BCUT2D eigenvalue weighted by Gasteiger charge is -2.19. The topological polar surface area (TPSA) is 69.7 Å². The number of fused-ring (bicyclic) bond motifs is 1. The number of rotatable bonds is 3. The second-order valence-corrected chi connectivity index (χ2v) is 7.14. The molecule has 3 amide bonds. The predicted octanol–water partition coefficient (Wildman–Crippen LogP) is 2.73. The molecule has 0 aromatic heterocycles. The van der Waals surface area contributed by atoms with E-state index in [0.29, 0.717) is 18.8 Å². The van der Waals surface area contributed by atoms with E-state index in [2.05, 4.69) is 5.32 Å². The van der Waals surface area contributed by atoms with E-state index in [-0.39, 0.29) is 30.0 Å². The van der Waals surface area contributed by atoms with Gasteiger partial charge >= 0.3 is 0 Å². The Morgan fingerprint density at radius 1 is 1.14 bits per heavy atom. The highest BCUT2D eigenvalue weighted by molar-refractivity contribution is 6.04. The SMILES string of the molecule is CC(=O)N1CCc2cc(N3CC(C(=O)Nc4ccc(F)cc4)CC3=O)ccc21. The lowest BCUT2D eigenvalue weighted by Crippen LogP contribution is -2.28. The van der Waals surface area contributed by atoms with E-state index in [1.807, 2.05) is 18.2 Å². The second-order valence-electron chi connectivity index (χ2n) is 7.14. The number of halogens is 1. The van der Waals surface area contributed by atoms with E-state index in [4.69, 9.17) is 0 Å². The number of nitrogens with zero attached hydrogens (tertiary/aromatic N) is 2. The van der Waals surface area contributed by atoms with Crippen LogP contribution in [0.2, 0.25) is 0 Å². The first kappa shape index (κ1) is 18.2. The Bertz CT molecular complexity index is 958. The zero-order valence-corrected chi connectivity index (χ0v) is 15.4. The van der Waals surface area contributed by atoms with E-state index >= 15 is 0 Å². The maximum atomic E-state index is 13.0. The first-order chi connectivity index (χ1) is 13.4. The van der Waals surface area contributed by atoms with Crippen LogP contribution in [0.5, 0.6) is 0 Å². The molecular weight excluding hydrogens is 361 g/mol. The standard InChI is InChI=1S/C21H20FN3O3/c1-13(26)24-9-8-14-10-18(6-7-19(14)24)25-12-15(11-20(25)27)21(28)23-17-4-2-16(22)3-5-17/h2-7,10,15H,8-9,11-12H2,1H3,(H,23,28). The number of amides is 3. The van der Waals surface area contributed by atoms with Crippen molar-refractivity contribution in [2.45, 2.75) is 19.8 Å². The molecule has 1 unspecified atom stereocenters. The number of benzene rings is 2. The van der Waals surface area contributed by atoms with Gasteiger partial charge in [-0.1, -0.05) is 0 Å².